The molecule has 33 heavy (non-hydrogen) atoms. The van der Waals surface area contributed by atoms with Gasteiger partial charge in [-0.05, 0) is 42.0 Å². The van der Waals surface area contributed by atoms with E-state index in [1.54, 1.807) is 25.6 Å². The minimum Gasteiger partial charge on any atom is -0.497 e. The number of benzene rings is 2. The first kappa shape index (κ1) is 21.3. The Kier molecular flexibility index (Phi) is 5.88. The summed E-state index contributed by atoms with van der Waals surface area (Å²) in [7, 11) is 1.66. The van der Waals surface area contributed by atoms with Crippen LogP contribution in [0.2, 0.25) is 5.02 Å². The Labute approximate surface area is 197 Å². The summed E-state index contributed by atoms with van der Waals surface area (Å²) < 4.78 is 7.46. The van der Waals surface area contributed by atoms with Crippen LogP contribution in [0.25, 0.3) is 10.9 Å². The molecule has 0 atom stereocenters. The standard InChI is InChI=1S/C25H24ClN5O2/c1-33-20-5-2-4-18(14-20)16-31-17-22(21-15-19(26)6-7-23(21)31)24(32)29-10-12-30(13-11-29)25-27-8-3-9-28-25/h2-9,14-15,17H,10-13,16H2,1H3. The van der Waals surface area contributed by atoms with Crippen molar-refractivity contribution in [1.29, 1.82) is 0 Å². The number of fused-ring (bicyclic) bond motifs is 1. The minimum atomic E-state index is 0.0142. The summed E-state index contributed by atoms with van der Waals surface area (Å²) in [4.78, 5) is 26.2. The van der Waals surface area contributed by atoms with E-state index < -0.39 is 0 Å². The number of carbonyl (C=O) groups is 1. The molecule has 0 N–H and O–H groups in total. The second-order valence-electron chi connectivity index (χ2n) is 8.01. The highest BCUT2D eigenvalue weighted by Crippen LogP contribution is 2.28. The van der Waals surface area contributed by atoms with E-state index in [1.807, 2.05) is 47.5 Å². The van der Waals surface area contributed by atoms with Gasteiger partial charge in [0.05, 0.1) is 12.7 Å². The van der Waals surface area contributed by atoms with Crippen LogP contribution >= 0.6 is 11.6 Å². The highest BCUT2D eigenvalue weighted by Gasteiger charge is 2.26. The summed E-state index contributed by atoms with van der Waals surface area (Å²) in [6.45, 7) is 3.24. The van der Waals surface area contributed by atoms with Gasteiger partial charge in [0, 0.05) is 67.2 Å². The van der Waals surface area contributed by atoms with Crippen LogP contribution in [0.4, 0.5) is 5.95 Å². The summed E-state index contributed by atoms with van der Waals surface area (Å²) in [6, 6.07) is 15.5. The zero-order chi connectivity index (χ0) is 22.8. The smallest absolute Gasteiger partial charge is 0.256 e. The Bertz CT molecular complexity index is 1280. The molecular weight excluding hydrogens is 438 g/mol. The first-order valence-electron chi connectivity index (χ1n) is 10.8. The topological polar surface area (TPSA) is 63.5 Å². The van der Waals surface area contributed by atoms with Gasteiger partial charge in [-0.15, -0.1) is 0 Å². The third-order valence-electron chi connectivity index (χ3n) is 5.96. The molecular formula is C25H24ClN5O2. The van der Waals surface area contributed by atoms with Gasteiger partial charge in [0.25, 0.3) is 5.91 Å². The number of piperazine rings is 1. The van der Waals surface area contributed by atoms with E-state index >= 15 is 0 Å². The van der Waals surface area contributed by atoms with Crippen molar-refractivity contribution in [3.05, 3.63) is 83.3 Å². The monoisotopic (exact) mass is 461 g/mol. The third kappa shape index (κ3) is 4.36. The van der Waals surface area contributed by atoms with Crippen molar-refractivity contribution >= 4 is 34.4 Å². The molecule has 1 amide bonds. The number of ether oxygens (including phenoxy) is 1. The van der Waals surface area contributed by atoms with Crippen LogP contribution in [0.1, 0.15) is 15.9 Å². The largest absolute Gasteiger partial charge is 0.497 e. The van der Waals surface area contributed by atoms with Crippen molar-refractivity contribution in [3.8, 4) is 5.75 Å². The molecule has 0 unspecified atom stereocenters. The Balaban J connectivity index is 1.40. The van der Waals surface area contributed by atoms with E-state index in [4.69, 9.17) is 16.3 Å². The lowest BCUT2D eigenvalue weighted by atomic mass is 10.1. The second-order valence-corrected chi connectivity index (χ2v) is 8.45. The van der Waals surface area contributed by atoms with Gasteiger partial charge in [0.1, 0.15) is 5.75 Å². The predicted octanol–water partition coefficient (Wildman–Crippen LogP) is 4.10. The van der Waals surface area contributed by atoms with E-state index in [1.165, 1.54) is 0 Å². The fourth-order valence-electron chi connectivity index (χ4n) is 4.27. The molecule has 1 aliphatic heterocycles. The summed E-state index contributed by atoms with van der Waals surface area (Å²) >= 11 is 6.31. The van der Waals surface area contributed by atoms with Crippen LogP contribution in [-0.2, 0) is 6.54 Å². The molecule has 0 spiro atoms. The Morgan fingerprint density at radius 1 is 1.03 bits per heavy atom. The number of halogens is 1. The molecule has 1 fully saturated rings. The minimum absolute atomic E-state index is 0.0142. The lowest BCUT2D eigenvalue weighted by Gasteiger charge is -2.34. The summed E-state index contributed by atoms with van der Waals surface area (Å²) in [5.41, 5.74) is 2.73. The van der Waals surface area contributed by atoms with E-state index in [2.05, 4.69) is 25.5 Å². The fourth-order valence-corrected chi connectivity index (χ4v) is 4.44. The van der Waals surface area contributed by atoms with Crippen LogP contribution in [0.3, 0.4) is 0 Å². The van der Waals surface area contributed by atoms with Gasteiger partial charge in [-0.2, -0.15) is 0 Å². The number of anilines is 1. The van der Waals surface area contributed by atoms with Crippen molar-refractivity contribution < 1.29 is 9.53 Å². The molecule has 1 aliphatic rings. The Hall–Kier alpha value is -3.58. The number of carbonyl (C=O) groups excluding carboxylic acids is 1. The van der Waals surface area contributed by atoms with E-state index in [-0.39, 0.29) is 5.91 Å². The lowest BCUT2D eigenvalue weighted by molar-refractivity contribution is 0.0748. The predicted molar refractivity (Wildman–Crippen MR) is 129 cm³/mol. The molecule has 0 radical (unpaired) electrons. The van der Waals surface area contributed by atoms with Crippen LogP contribution < -0.4 is 9.64 Å². The molecule has 3 heterocycles. The Morgan fingerprint density at radius 3 is 2.58 bits per heavy atom. The maximum absolute atomic E-state index is 13.5. The quantitative estimate of drug-likeness (QED) is 0.447. The van der Waals surface area contributed by atoms with Crippen LogP contribution in [0.15, 0.2) is 67.1 Å². The van der Waals surface area contributed by atoms with Gasteiger partial charge < -0.3 is 19.1 Å². The molecule has 4 aromatic rings. The number of methoxy groups -OCH3 is 1. The lowest BCUT2D eigenvalue weighted by Crippen LogP contribution is -2.49. The molecule has 7 nitrogen and oxygen atoms in total. The van der Waals surface area contributed by atoms with Gasteiger partial charge in [0.15, 0.2) is 0 Å². The molecule has 0 aliphatic carbocycles. The molecule has 0 bridgehead atoms. The fraction of sp³-hybridized carbons (Fsp3) is 0.240. The van der Waals surface area contributed by atoms with Crippen LogP contribution in [-0.4, -0.2) is 58.6 Å². The van der Waals surface area contributed by atoms with Crippen molar-refractivity contribution in [2.45, 2.75) is 6.54 Å². The van der Waals surface area contributed by atoms with Gasteiger partial charge >= 0.3 is 0 Å². The molecule has 8 heteroatoms. The van der Waals surface area contributed by atoms with Gasteiger partial charge in [-0.3, -0.25) is 4.79 Å². The zero-order valence-corrected chi connectivity index (χ0v) is 19.1. The molecule has 2 aromatic carbocycles. The highest BCUT2D eigenvalue weighted by molar-refractivity contribution is 6.31. The maximum atomic E-state index is 13.5. The average Bonchev–Trinajstić information content (AvgIpc) is 3.21. The Morgan fingerprint density at radius 2 is 1.82 bits per heavy atom. The zero-order valence-electron chi connectivity index (χ0n) is 18.3. The van der Waals surface area contributed by atoms with Crippen molar-refractivity contribution in [3.63, 3.8) is 0 Å². The first-order chi connectivity index (χ1) is 16.1. The van der Waals surface area contributed by atoms with Gasteiger partial charge in [-0.25, -0.2) is 9.97 Å². The number of rotatable bonds is 5. The number of amides is 1. The third-order valence-corrected chi connectivity index (χ3v) is 6.20. The molecule has 2 aromatic heterocycles. The molecule has 5 rings (SSSR count). The second kappa shape index (κ2) is 9.11. The molecule has 0 saturated carbocycles. The summed E-state index contributed by atoms with van der Waals surface area (Å²) in [6.07, 6.45) is 5.41. The van der Waals surface area contributed by atoms with Gasteiger partial charge in [-0.1, -0.05) is 23.7 Å². The molecule has 168 valence electrons. The summed E-state index contributed by atoms with van der Waals surface area (Å²) in [5.74, 6) is 1.52. The summed E-state index contributed by atoms with van der Waals surface area (Å²) in [5, 5.41) is 1.48. The van der Waals surface area contributed by atoms with Crippen molar-refractivity contribution in [2.75, 3.05) is 38.2 Å². The number of hydrogen-bond acceptors (Lipinski definition) is 5. The van der Waals surface area contributed by atoms with Crippen molar-refractivity contribution in [2.24, 2.45) is 0 Å². The van der Waals surface area contributed by atoms with Crippen LogP contribution in [0.5, 0.6) is 5.75 Å². The highest BCUT2D eigenvalue weighted by atomic mass is 35.5. The van der Waals surface area contributed by atoms with Crippen molar-refractivity contribution in [1.82, 2.24) is 19.4 Å². The van der Waals surface area contributed by atoms with Gasteiger partial charge in [0.2, 0.25) is 5.95 Å². The first-order valence-corrected chi connectivity index (χ1v) is 11.2. The van der Waals surface area contributed by atoms with Crippen LogP contribution in [0, 0.1) is 0 Å². The number of nitrogens with zero attached hydrogens (tertiary/aromatic N) is 5. The SMILES string of the molecule is COc1cccc(Cn2cc(C(=O)N3CCN(c4ncccn4)CC3)c3cc(Cl)ccc32)c1. The normalized spacial score (nSPS) is 14.0. The van der Waals surface area contributed by atoms with E-state index in [0.717, 1.165) is 22.2 Å². The van der Waals surface area contributed by atoms with E-state index in [9.17, 15) is 4.79 Å². The molecule has 1 saturated heterocycles. The average molecular weight is 462 g/mol. The van der Waals surface area contributed by atoms with E-state index in [0.29, 0.717) is 49.3 Å². The maximum Gasteiger partial charge on any atom is 0.256 e. The number of aromatic nitrogens is 3. The number of hydrogen-bond donors (Lipinski definition) is 0.